The summed E-state index contributed by atoms with van der Waals surface area (Å²) in [6, 6.07) is 0. The Kier molecular flexibility index (Phi) is 3.28. The fraction of sp³-hybridized carbons (Fsp3) is 0.417. The number of cyclic esters (lactones) is 1. The van der Waals surface area contributed by atoms with Gasteiger partial charge >= 0.3 is 5.97 Å². The zero-order valence-corrected chi connectivity index (χ0v) is 8.96. The van der Waals surface area contributed by atoms with E-state index in [4.69, 9.17) is 4.74 Å². The standard InChI is InChI=1S/C12H16O2/c1-5-10-11(6-8(2)3)9(4)7-14-12(10)13/h5-6,9H,1,7H2,2-4H3. The van der Waals surface area contributed by atoms with Crippen molar-refractivity contribution in [3.05, 3.63) is 35.5 Å². The predicted octanol–water partition coefficient (Wildman–Crippen LogP) is 2.63. The van der Waals surface area contributed by atoms with Crippen molar-refractivity contribution in [1.82, 2.24) is 0 Å². The summed E-state index contributed by atoms with van der Waals surface area (Å²) in [6.45, 7) is 10.2. The van der Waals surface area contributed by atoms with Gasteiger partial charge in [0.15, 0.2) is 0 Å². The molecule has 0 aromatic carbocycles. The summed E-state index contributed by atoms with van der Waals surface area (Å²) >= 11 is 0. The number of carbonyl (C=O) groups is 1. The van der Waals surface area contributed by atoms with Gasteiger partial charge in [0.25, 0.3) is 0 Å². The third-order valence-corrected chi connectivity index (χ3v) is 2.17. The van der Waals surface area contributed by atoms with Crippen LogP contribution in [0.25, 0.3) is 0 Å². The second kappa shape index (κ2) is 4.27. The summed E-state index contributed by atoms with van der Waals surface area (Å²) < 4.78 is 5.01. The van der Waals surface area contributed by atoms with Gasteiger partial charge in [-0.25, -0.2) is 4.79 Å². The summed E-state index contributed by atoms with van der Waals surface area (Å²) in [5.74, 6) is 0.00111. The number of rotatable bonds is 2. The van der Waals surface area contributed by atoms with Gasteiger partial charge in [0.05, 0.1) is 12.2 Å². The van der Waals surface area contributed by atoms with E-state index < -0.39 is 0 Å². The van der Waals surface area contributed by atoms with Crippen LogP contribution in [-0.4, -0.2) is 12.6 Å². The minimum Gasteiger partial charge on any atom is -0.461 e. The molecule has 1 atom stereocenters. The quantitative estimate of drug-likeness (QED) is 0.629. The molecule has 0 radical (unpaired) electrons. The fourth-order valence-corrected chi connectivity index (χ4v) is 1.48. The molecule has 1 rings (SSSR count). The zero-order valence-electron chi connectivity index (χ0n) is 8.96. The second-order valence-electron chi connectivity index (χ2n) is 3.79. The number of ether oxygens (including phenoxy) is 1. The molecular weight excluding hydrogens is 176 g/mol. The van der Waals surface area contributed by atoms with E-state index in [0.717, 1.165) is 5.57 Å². The largest absolute Gasteiger partial charge is 0.461 e. The fourth-order valence-electron chi connectivity index (χ4n) is 1.48. The van der Waals surface area contributed by atoms with E-state index in [1.807, 2.05) is 26.8 Å². The minimum absolute atomic E-state index is 0.259. The summed E-state index contributed by atoms with van der Waals surface area (Å²) in [6.07, 6.45) is 3.61. The van der Waals surface area contributed by atoms with Gasteiger partial charge < -0.3 is 4.74 Å². The Hall–Kier alpha value is -1.31. The monoisotopic (exact) mass is 192 g/mol. The van der Waals surface area contributed by atoms with Gasteiger partial charge in [-0.15, -0.1) is 0 Å². The van der Waals surface area contributed by atoms with Crippen LogP contribution < -0.4 is 0 Å². The molecule has 0 bridgehead atoms. The Morgan fingerprint density at radius 1 is 1.57 bits per heavy atom. The maximum atomic E-state index is 11.4. The van der Waals surface area contributed by atoms with Crippen LogP contribution in [-0.2, 0) is 9.53 Å². The van der Waals surface area contributed by atoms with E-state index in [1.54, 1.807) is 6.08 Å². The van der Waals surface area contributed by atoms with Gasteiger partial charge in [-0.2, -0.15) is 0 Å². The number of allylic oxidation sites excluding steroid dienone is 2. The molecule has 2 nitrogen and oxygen atoms in total. The highest BCUT2D eigenvalue weighted by Gasteiger charge is 2.23. The SMILES string of the molecule is C=CC1=C(C=C(C)C)C(C)COC1=O. The van der Waals surface area contributed by atoms with Crippen LogP contribution >= 0.6 is 0 Å². The molecule has 0 saturated carbocycles. The number of hydrogen-bond donors (Lipinski definition) is 0. The lowest BCUT2D eigenvalue weighted by molar-refractivity contribution is -0.140. The second-order valence-corrected chi connectivity index (χ2v) is 3.79. The lowest BCUT2D eigenvalue weighted by atomic mass is 9.92. The highest BCUT2D eigenvalue weighted by molar-refractivity contribution is 5.93. The first-order valence-corrected chi connectivity index (χ1v) is 4.75. The summed E-state index contributed by atoms with van der Waals surface area (Å²) in [4.78, 5) is 11.4. The normalized spacial score (nSPS) is 21.6. The van der Waals surface area contributed by atoms with E-state index >= 15 is 0 Å². The maximum absolute atomic E-state index is 11.4. The van der Waals surface area contributed by atoms with Crippen molar-refractivity contribution in [2.45, 2.75) is 20.8 Å². The van der Waals surface area contributed by atoms with Crippen molar-refractivity contribution < 1.29 is 9.53 Å². The molecule has 0 aromatic rings. The van der Waals surface area contributed by atoms with Gasteiger partial charge in [0.1, 0.15) is 0 Å². The van der Waals surface area contributed by atoms with Gasteiger partial charge in [0.2, 0.25) is 0 Å². The molecule has 1 heterocycles. The van der Waals surface area contributed by atoms with Crippen LogP contribution in [0.15, 0.2) is 35.5 Å². The van der Waals surface area contributed by atoms with Gasteiger partial charge in [-0.3, -0.25) is 0 Å². The third kappa shape index (κ3) is 2.13. The Morgan fingerprint density at radius 3 is 2.71 bits per heavy atom. The van der Waals surface area contributed by atoms with Crippen LogP contribution in [0.1, 0.15) is 20.8 Å². The van der Waals surface area contributed by atoms with Crippen molar-refractivity contribution >= 4 is 5.97 Å². The first-order valence-electron chi connectivity index (χ1n) is 4.75. The van der Waals surface area contributed by atoms with Crippen LogP contribution in [0, 0.1) is 5.92 Å². The highest BCUT2D eigenvalue weighted by Crippen LogP contribution is 2.25. The van der Waals surface area contributed by atoms with Crippen LogP contribution in [0.2, 0.25) is 0 Å². The number of carbonyl (C=O) groups excluding carboxylic acids is 1. The van der Waals surface area contributed by atoms with Crippen molar-refractivity contribution in [2.75, 3.05) is 6.61 Å². The van der Waals surface area contributed by atoms with Gasteiger partial charge in [-0.05, 0) is 19.4 Å². The molecule has 0 fully saturated rings. The molecule has 1 aliphatic rings. The molecule has 1 aliphatic heterocycles. The lowest BCUT2D eigenvalue weighted by Crippen LogP contribution is -2.22. The minimum atomic E-state index is -0.259. The van der Waals surface area contributed by atoms with E-state index in [2.05, 4.69) is 6.58 Å². The van der Waals surface area contributed by atoms with Gasteiger partial charge in [-0.1, -0.05) is 31.2 Å². The third-order valence-electron chi connectivity index (χ3n) is 2.17. The average Bonchev–Trinajstić information content (AvgIpc) is 2.11. The van der Waals surface area contributed by atoms with Gasteiger partial charge in [0, 0.05) is 5.92 Å². The van der Waals surface area contributed by atoms with Crippen LogP contribution in [0.5, 0.6) is 0 Å². The van der Waals surface area contributed by atoms with E-state index in [1.165, 1.54) is 5.57 Å². The molecule has 0 spiro atoms. The molecule has 2 heteroatoms. The Labute approximate surface area is 85.0 Å². The van der Waals surface area contributed by atoms with E-state index in [9.17, 15) is 4.79 Å². The predicted molar refractivity (Wildman–Crippen MR) is 56.8 cm³/mol. The number of esters is 1. The van der Waals surface area contributed by atoms with Crippen molar-refractivity contribution in [3.8, 4) is 0 Å². The molecule has 76 valence electrons. The molecule has 1 unspecified atom stereocenters. The smallest absolute Gasteiger partial charge is 0.338 e. The number of hydrogen-bond acceptors (Lipinski definition) is 2. The molecule has 0 N–H and O–H groups in total. The lowest BCUT2D eigenvalue weighted by Gasteiger charge is -2.22. The first kappa shape index (κ1) is 10.8. The van der Waals surface area contributed by atoms with Crippen molar-refractivity contribution in [3.63, 3.8) is 0 Å². The van der Waals surface area contributed by atoms with Crippen molar-refractivity contribution in [2.24, 2.45) is 5.92 Å². The Balaban J connectivity index is 3.19. The Morgan fingerprint density at radius 2 is 2.21 bits per heavy atom. The average molecular weight is 192 g/mol. The van der Waals surface area contributed by atoms with E-state index in [0.29, 0.717) is 12.2 Å². The van der Waals surface area contributed by atoms with Crippen LogP contribution in [0.4, 0.5) is 0 Å². The molecule has 0 amide bonds. The molecule has 0 aromatic heterocycles. The highest BCUT2D eigenvalue weighted by atomic mass is 16.5. The van der Waals surface area contributed by atoms with Crippen molar-refractivity contribution in [1.29, 1.82) is 0 Å². The zero-order chi connectivity index (χ0) is 10.7. The van der Waals surface area contributed by atoms with E-state index in [-0.39, 0.29) is 11.9 Å². The first-order chi connectivity index (χ1) is 6.56. The molecule has 14 heavy (non-hydrogen) atoms. The van der Waals surface area contributed by atoms with Crippen LogP contribution in [0.3, 0.4) is 0 Å². The summed E-state index contributed by atoms with van der Waals surface area (Å²) in [5.41, 5.74) is 2.82. The summed E-state index contributed by atoms with van der Waals surface area (Å²) in [7, 11) is 0. The summed E-state index contributed by atoms with van der Waals surface area (Å²) in [5, 5.41) is 0. The molecule has 0 aliphatic carbocycles. The molecule has 0 saturated heterocycles. The Bertz CT molecular complexity index is 317. The molecular formula is C12H16O2. The topological polar surface area (TPSA) is 26.3 Å². The maximum Gasteiger partial charge on any atom is 0.338 e.